The van der Waals surface area contributed by atoms with Gasteiger partial charge in [0.15, 0.2) is 5.54 Å². The lowest BCUT2D eigenvalue weighted by Gasteiger charge is -2.28. The van der Waals surface area contributed by atoms with Crippen LogP contribution < -0.4 is 5.32 Å². The summed E-state index contributed by atoms with van der Waals surface area (Å²) in [6, 6.07) is 11.1. The fourth-order valence-electron chi connectivity index (χ4n) is 1.88. The minimum absolute atomic E-state index is 0.0852. The predicted molar refractivity (Wildman–Crippen MR) is 79.6 cm³/mol. The lowest BCUT2D eigenvalue weighted by molar-refractivity contribution is -0.151. The van der Waals surface area contributed by atoms with Gasteiger partial charge in [-0.3, -0.25) is 0 Å². The van der Waals surface area contributed by atoms with Gasteiger partial charge in [-0.25, -0.2) is 9.59 Å². The van der Waals surface area contributed by atoms with Gasteiger partial charge in [0.25, 0.3) is 0 Å². The van der Waals surface area contributed by atoms with Crippen LogP contribution in [0.5, 0.6) is 0 Å². The molecule has 0 aliphatic heterocycles. The molecule has 1 atom stereocenters. The Labute approximate surface area is 130 Å². The number of esters is 1. The second-order valence-electron chi connectivity index (χ2n) is 4.68. The first kappa shape index (κ1) is 17.5. The number of hydrogen-bond donors (Lipinski definition) is 1. The molecular formula is C16H20N2O4. The van der Waals surface area contributed by atoms with Crippen LogP contribution >= 0.6 is 0 Å². The number of carbonyl (C=O) groups excluding carboxylic acids is 2. The summed E-state index contributed by atoms with van der Waals surface area (Å²) in [4.78, 5) is 24.0. The number of nitrogens with one attached hydrogen (secondary N) is 1. The maximum atomic E-state index is 12.1. The number of benzene rings is 1. The summed E-state index contributed by atoms with van der Waals surface area (Å²) in [5, 5.41) is 11.4. The van der Waals surface area contributed by atoms with Crippen molar-refractivity contribution in [2.45, 2.75) is 38.8 Å². The fourth-order valence-corrected chi connectivity index (χ4v) is 1.88. The van der Waals surface area contributed by atoms with E-state index in [0.29, 0.717) is 0 Å². The van der Waals surface area contributed by atoms with E-state index in [-0.39, 0.29) is 26.1 Å². The van der Waals surface area contributed by atoms with Crippen LogP contribution in [0, 0.1) is 11.3 Å². The Morgan fingerprint density at radius 3 is 2.45 bits per heavy atom. The first-order valence-electron chi connectivity index (χ1n) is 7.11. The van der Waals surface area contributed by atoms with Crippen molar-refractivity contribution < 1.29 is 19.1 Å². The van der Waals surface area contributed by atoms with Crippen molar-refractivity contribution in [3.63, 3.8) is 0 Å². The standard InChI is InChI=1S/C16H20N2O4/c1-3-16(10-11-17,14(19)21-4-2)18-15(20)22-12-13-8-6-5-7-9-13/h5-9H,3-4,10,12H2,1-2H3,(H,18,20). The number of amides is 1. The van der Waals surface area contributed by atoms with Gasteiger partial charge >= 0.3 is 12.1 Å². The van der Waals surface area contributed by atoms with Crippen molar-refractivity contribution in [2.24, 2.45) is 0 Å². The smallest absolute Gasteiger partial charge is 0.408 e. The van der Waals surface area contributed by atoms with Crippen molar-refractivity contribution in [3.05, 3.63) is 35.9 Å². The molecule has 0 fully saturated rings. The van der Waals surface area contributed by atoms with E-state index in [0.717, 1.165) is 5.56 Å². The van der Waals surface area contributed by atoms with E-state index in [1.54, 1.807) is 13.8 Å². The van der Waals surface area contributed by atoms with Gasteiger partial charge in [-0.2, -0.15) is 5.26 Å². The van der Waals surface area contributed by atoms with E-state index in [9.17, 15) is 9.59 Å². The third-order valence-electron chi connectivity index (χ3n) is 3.20. The molecule has 6 heteroatoms. The molecule has 0 bridgehead atoms. The highest BCUT2D eigenvalue weighted by Crippen LogP contribution is 2.18. The second-order valence-corrected chi connectivity index (χ2v) is 4.68. The monoisotopic (exact) mass is 304 g/mol. The zero-order valence-electron chi connectivity index (χ0n) is 12.8. The molecule has 0 radical (unpaired) electrons. The summed E-state index contributed by atoms with van der Waals surface area (Å²) >= 11 is 0. The fraction of sp³-hybridized carbons (Fsp3) is 0.438. The maximum absolute atomic E-state index is 12.1. The Bertz CT molecular complexity index is 539. The molecule has 6 nitrogen and oxygen atoms in total. The molecule has 0 aliphatic rings. The van der Waals surface area contributed by atoms with Gasteiger partial charge in [0, 0.05) is 0 Å². The molecule has 1 N–H and O–H groups in total. The van der Waals surface area contributed by atoms with Crippen LogP contribution in [0.15, 0.2) is 30.3 Å². The Morgan fingerprint density at radius 1 is 1.23 bits per heavy atom. The lowest BCUT2D eigenvalue weighted by atomic mass is 9.93. The van der Waals surface area contributed by atoms with E-state index >= 15 is 0 Å². The summed E-state index contributed by atoms with van der Waals surface area (Å²) in [6.45, 7) is 3.62. The van der Waals surface area contributed by atoms with E-state index < -0.39 is 17.6 Å². The second kappa shape index (κ2) is 8.67. The van der Waals surface area contributed by atoms with Crippen molar-refractivity contribution >= 4 is 12.1 Å². The Hall–Kier alpha value is -2.55. The van der Waals surface area contributed by atoms with Gasteiger partial charge in [-0.15, -0.1) is 0 Å². The highest BCUT2D eigenvalue weighted by atomic mass is 16.6. The number of rotatable bonds is 7. The molecule has 0 saturated carbocycles. The minimum Gasteiger partial charge on any atom is -0.464 e. The third-order valence-corrected chi connectivity index (χ3v) is 3.20. The highest BCUT2D eigenvalue weighted by molar-refractivity contribution is 5.86. The largest absolute Gasteiger partial charge is 0.464 e. The number of carbonyl (C=O) groups is 2. The van der Waals surface area contributed by atoms with Crippen LogP contribution in [-0.2, 0) is 20.9 Å². The average molecular weight is 304 g/mol. The zero-order chi connectivity index (χ0) is 16.4. The van der Waals surface area contributed by atoms with Crippen LogP contribution in [0.3, 0.4) is 0 Å². The zero-order valence-corrected chi connectivity index (χ0v) is 12.8. The number of alkyl carbamates (subject to hydrolysis) is 1. The number of hydrogen-bond acceptors (Lipinski definition) is 5. The van der Waals surface area contributed by atoms with Gasteiger partial charge in [-0.05, 0) is 18.9 Å². The molecule has 0 heterocycles. The molecule has 1 unspecified atom stereocenters. The van der Waals surface area contributed by atoms with Crippen LogP contribution in [0.1, 0.15) is 32.3 Å². The lowest BCUT2D eigenvalue weighted by Crippen LogP contribution is -2.54. The summed E-state index contributed by atoms with van der Waals surface area (Å²) < 4.78 is 10.0. The first-order chi connectivity index (χ1) is 10.6. The topological polar surface area (TPSA) is 88.4 Å². The molecule has 22 heavy (non-hydrogen) atoms. The average Bonchev–Trinajstić information content (AvgIpc) is 2.53. The van der Waals surface area contributed by atoms with Crippen LogP contribution in [0.4, 0.5) is 4.79 Å². The van der Waals surface area contributed by atoms with E-state index in [4.69, 9.17) is 14.7 Å². The van der Waals surface area contributed by atoms with Crippen LogP contribution in [0.25, 0.3) is 0 Å². The van der Waals surface area contributed by atoms with Gasteiger partial charge < -0.3 is 14.8 Å². The highest BCUT2D eigenvalue weighted by Gasteiger charge is 2.40. The summed E-state index contributed by atoms with van der Waals surface area (Å²) in [6.07, 6.45) is -0.697. The Kier molecular flexibility index (Phi) is 6.90. The minimum atomic E-state index is -1.38. The summed E-state index contributed by atoms with van der Waals surface area (Å²) in [5.41, 5.74) is -0.547. The maximum Gasteiger partial charge on any atom is 0.408 e. The molecule has 118 valence electrons. The molecule has 0 aliphatic carbocycles. The molecule has 0 saturated heterocycles. The first-order valence-corrected chi connectivity index (χ1v) is 7.11. The van der Waals surface area contributed by atoms with E-state index in [1.165, 1.54) is 0 Å². The normalized spacial score (nSPS) is 12.6. The molecule has 1 aromatic carbocycles. The molecule has 0 aromatic heterocycles. The van der Waals surface area contributed by atoms with E-state index in [1.807, 2.05) is 36.4 Å². The number of nitriles is 1. The Balaban J connectivity index is 2.70. The van der Waals surface area contributed by atoms with Crippen LogP contribution in [-0.4, -0.2) is 24.2 Å². The Morgan fingerprint density at radius 2 is 1.91 bits per heavy atom. The van der Waals surface area contributed by atoms with Gasteiger partial charge in [0.05, 0.1) is 19.1 Å². The van der Waals surface area contributed by atoms with Gasteiger partial charge in [-0.1, -0.05) is 37.3 Å². The number of nitrogens with zero attached hydrogens (tertiary/aromatic N) is 1. The molecular weight excluding hydrogens is 284 g/mol. The van der Waals surface area contributed by atoms with Gasteiger partial charge in [0.2, 0.25) is 0 Å². The molecule has 1 amide bonds. The van der Waals surface area contributed by atoms with Crippen molar-refractivity contribution in [1.82, 2.24) is 5.32 Å². The van der Waals surface area contributed by atoms with E-state index in [2.05, 4.69) is 5.32 Å². The van der Waals surface area contributed by atoms with Gasteiger partial charge in [0.1, 0.15) is 6.61 Å². The quantitative estimate of drug-likeness (QED) is 0.782. The predicted octanol–water partition coefficient (Wildman–Crippen LogP) is 2.54. The van der Waals surface area contributed by atoms with Crippen molar-refractivity contribution in [2.75, 3.05) is 6.61 Å². The number of ether oxygens (including phenoxy) is 2. The summed E-state index contributed by atoms with van der Waals surface area (Å²) in [5.74, 6) is -0.629. The molecule has 1 aromatic rings. The SMILES string of the molecule is CCOC(=O)C(CC)(CC#N)NC(=O)OCc1ccccc1. The summed E-state index contributed by atoms with van der Waals surface area (Å²) in [7, 11) is 0. The van der Waals surface area contributed by atoms with Crippen LogP contribution in [0.2, 0.25) is 0 Å². The third kappa shape index (κ3) is 4.77. The van der Waals surface area contributed by atoms with Crippen molar-refractivity contribution in [3.8, 4) is 6.07 Å². The molecule has 0 spiro atoms. The molecule has 1 rings (SSSR count). The van der Waals surface area contributed by atoms with Crippen molar-refractivity contribution in [1.29, 1.82) is 5.26 Å².